The van der Waals surface area contributed by atoms with Gasteiger partial charge in [0.05, 0.1) is 26.2 Å². The topological polar surface area (TPSA) is 69.7 Å². The fourth-order valence-corrected chi connectivity index (χ4v) is 5.68. The van der Waals surface area contributed by atoms with Crippen LogP contribution in [0.3, 0.4) is 0 Å². The fourth-order valence-electron chi connectivity index (χ4n) is 2.75. The first-order valence-corrected chi connectivity index (χ1v) is 12.7. The largest absolute Gasteiger partial charge is 0.726 e. The van der Waals surface area contributed by atoms with Crippen molar-refractivity contribution in [3.63, 3.8) is 0 Å². The molecule has 0 aromatic rings. The van der Waals surface area contributed by atoms with Gasteiger partial charge in [0.15, 0.2) is 8.22 Å². The van der Waals surface area contributed by atoms with Crippen LogP contribution in [-0.2, 0) is 14.6 Å². The molecule has 0 N–H and O–H groups in total. The summed E-state index contributed by atoms with van der Waals surface area (Å²) in [5, 5.41) is 0. The normalized spacial score (nSPS) is 13.5. The first-order valence-electron chi connectivity index (χ1n) is 9.63. The maximum absolute atomic E-state index is 9.73. The van der Waals surface area contributed by atoms with Gasteiger partial charge in [0.2, 0.25) is 10.4 Å². The van der Waals surface area contributed by atoms with Crippen molar-refractivity contribution < 1.29 is 21.4 Å². The molecule has 25 heavy (non-hydrogen) atoms. The molecule has 8 heteroatoms. The minimum Gasteiger partial charge on any atom is -0.726 e. The first-order chi connectivity index (χ1) is 11.7. The molecule has 1 unspecified atom stereocenters. The van der Waals surface area contributed by atoms with E-state index in [0.29, 0.717) is 6.42 Å². The Morgan fingerprint density at radius 1 is 0.960 bits per heavy atom. The van der Waals surface area contributed by atoms with E-state index in [1.807, 2.05) is 6.92 Å². The van der Waals surface area contributed by atoms with Crippen molar-refractivity contribution in [3.8, 4) is 0 Å². The van der Waals surface area contributed by atoms with Crippen LogP contribution in [0, 0.1) is 0 Å². The molecule has 0 aromatic carbocycles. The van der Waals surface area contributed by atoms with Gasteiger partial charge in [0.25, 0.3) is 0 Å². The van der Waals surface area contributed by atoms with E-state index in [-0.39, 0.29) is 14.8 Å². The molecule has 0 saturated heterocycles. The summed E-state index contributed by atoms with van der Waals surface area (Å²) in [5.74, 6) is 0. The third-order valence-corrected chi connectivity index (χ3v) is 8.42. The summed E-state index contributed by atoms with van der Waals surface area (Å²) >= 11 is 0. The standard InChI is InChI=1S/C13H32N2P.C4H10O4S/c1-7-12-13-15(10-4,11-5)16(6)14(8-2)9-3;1-2-3-4-8-9(5,6)7/h7-13H2,1-6H3;2-4H2,1H3,(H,5,6,7)/q+1;/p-1. The Hall–Kier alpha value is 0.220. The number of quaternary nitrogens is 1. The van der Waals surface area contributed by atoms with Crippen molar-refractivity contribution in [1.29, 1.82) is 0 Å². The fraction of sp³-hybridized carbons (Fsp3) is 1.00. The summed E-state index contributed by atoms with van der Waals surface area (Å²) in [4.78, 5) is 0. The number of rotatable bonds is 13. The quantitative estimate of drug-likeness (QED) is 0.201. The van der Waals surface area contributed by atoms with Gasteiger partial charge >= 0.3 is 0 Å². The second kappa shape index (κ2) is 15.3. The Kier molecular flexibility index (Phi) is 16.8. The SMILES string of the molecule is CCCCOS(=O)(=O)[O-].CCCC[N+](CC)(CC)P(C)N(CC)CC. The van der Waals surface area contributed by atoms with Crippen molar-refractivity contribution in [1.82, 2.24) is 4.67 Å². The van der Waals surface area contributed by atoms with Gasteiger partial charge in [-0.1, -0.05) is 40.5 Å². The number of unbranched alkanes of at least 4 members (excludes halogenated alkanes) is 2. The predicted octanol–water partition coefficient (Wildman–Crippen LogP) is 4.19. The number of hydrogen-bond acceptors (Lipinski definition) is 5. The average Bonchev–Trinajstić information content (AvgIpc) is 2.57. The Morgan fingerprint density at radius 2 is 1.44 bits per heavy atom. The number of nitrogens with zero attached hydrogens (tertiary/aromatic N) is 2. The van der Waals surface area contributed by atoms with E-state index in [1.165, 1.54) is 49.8 Å². The molecule has 0 aliphatic carbocycles. The summed E-state index contributed by atoms with van der Waals surface area (Å²) in [7, 11) is -4.48. The van der Waals surface area contributed by atoms with E-state index in [0.717, 1.165) is 6.42 Å². The highest BCUT2D eigenvalue weighted by atomic mass is 32.3. The molecule has 0 heterocycles. The molecule has 0 aliphatic rings. The summed E-state index contributed by atoms with van der Waals surface area (Å²) in [6.07, 6.45) is 4.11. The Bertz CT molecular complexity index is 399. The average molecular weight is 401 g/mol. The van der Waals surface area contributed by atoms with Gasteiger partial charge in [-0.25, -0.2) is 13.1 Å². The summed E-state index contributed by atoms with van der Waals surface area (Å²) in [6.45, 7) is 22.3. The second-order valence-corrected chi connectivity index (χ2v) is 9.46. The highest BCUT2D eigenvalue weighted by molar-refractivity contribution is 7.80. The van der Waals surface area contributed by atoms with Gasteiger partial charge in [0, 0.05) is 19.8 Å². The Balaban J connectivity index is 0. The van der Waals surface area contributed by atoms with Crippen molar-refractivity contribution in [2.45, 2.75) is 67.2 Å². The van der Waals surface area contributed by atoms with Crippen LogP contribution in [0.25, 0.3) is 0 Å². The third-order valence-electron chi connectivity index (χ3n) is 4.58. The van der Waals surface area contributed by atoms with Crippen LogP contribution in [0.1, 0.15) is 67.2 Å². The van der Waals surface area contributed by atoms with Crippen LogP contribution in [-0.4, -0.2) is 67.9 Å². The van der Waals surface area contributed by atoms with Crippen LogP contribution >= 0.6 is 8.22 Å². The lowest BCUT2D eigenvalue weighted by molar-refractivity contribution is -0.807. The van der Waals surface area contributed by atoms with E-state index in [1.54, 1.807) is 0 Å². The van der Waals surface area contributed by atoms with Gasteiger partial charge < -0.3 is 4.55 Å². The second-order valence-electron chi connectivity index (χ2n) is 6.02. The lowest BCUT2D eigenvalue weighted by Crippen LogP contribution is -2.47. The highest BCUT2D eigenvalue weighted by Gasteiger charge is 2.34. The van der Waals surface area contributed by atoms with E-state index in [9.17, 15) is 13.0 Å². The molecule has 0 aliphatic heterocycles. The summed E-state index contributed by atoms with van der Waals surface area (Å²) in [5.41, 5.74) is 0. The monoisotopic (exact) mass is 400 g/mol. The third kappa shape index (κ3) is 12.3. The van der Waals surface area contributed by atoms with E-state index in [4.69, 9.17) is 0 Å². The van der Waals surface area contributed by atoms with E-state index >= 15 is 0 Å². The predicted molar refractivity (Wildman–Crippen MR) is 107 cm³/mol. The molecule has 0 radical (unpaired) electrons. The molecular formula is C17H41N2O4PS. The van der Waals surface area contributed by atoms with Crippen LogP contribution in [0.2, 0.25) is 0 Å². The van der Waals surface area contributed by atoms with E-state index < -0.39 is 10.4 Å². The molecule has 0 spiro atoms. The minimum absolute atomic E-state index is 0.00231. The van der Waals surface area contributed by atoms with Crippen LogP contribution < -0.4 is 0 Å². The molecule has 1 atom stereocenters. The van der Waals surface area contributed by atoms with Gasteiger partial charge in [-0.15, -0.1) is 0 Å². The lowest BCUT2D eigenvalue weighted by atomic mass is 10.3. The molecular weight excluding hydrogens is 359 g/mol. The molecule has 0 fully saturated rings. The van der Waals surface area contributed by atoms with Gasteiger partial charge in [0.1, 0.15) is 0 Å². The Labute approximate surface area is 158 Å². The highest BCUT2D eigenvalue weighted by Crippen LogP contribution is 2.47. The molecule has 0 rings (SSSR count). The Morgan fingerprint density at radius 3 is 1.76 bits per heavy atom. The molecule has 6 nitrogen and oxygen atoms in total. The minimum atomic E-state index is -4.45. The zero-order valence-electron chi connectivity index (χ0n) is 17.5. The lowest BCUT2D eigenvalue weighted by Gasteiger charge is -2.45. The smallest absolute Gasteiger partial charge is 0.217 e. The number of hydrogen-bond donors (Lipinski definition) is 0. The summed E-state index contributed by atoms with van der Waals surface area (Å²) in [6, 6.07) is 0. The molecule has 154 valence electrons. The zero-order chi connectivity index (χ0) is 19.9. The maximum atomic E-state index is 9.73. The van der Waals surface area contributed by atoms with E-state index in [2.05, 4.69) is 50.1 Å². The summed E-state index contributed by atoms with van der Waals surface area (Å²) < 4.78 is 37.1. The molecule has 0 saturated carbocycles. The van der Waals surface area contributed by atoms with Crippen molar-refractivity contribution in [2.75, 3.05) is 46.0 Å². The first kappa shape index (κ1) is 27.4. The van der Waals surface area contributed by atoms with Gasteiger partial charge in [-0.05, 0) is 26.7 Å². The zero-order valence-corrected chi connectivity index (χ0v) is 19.2. The maximum Gasteiger partial charge on any atom is 0.217 e. The van der Waals surface area contributed by atoms with Gasteiger partial charge in [-0.2, -0.15) is 0 Å². The molecule has 0 amide bonds. The van der Waals surface area contributed by atoms with Crippen LogP contribution in [0.5, 0.6) is 0 Å². The van der Waals surface area contributed by atoms with Crippen LogP contribution in [0.4, 0.5) is 0 Å². The van der Waals surface area contributed by atoms with Crippen LogP contribution in [0.15, 0.2) is 0 Å². The van der Waals surface area contributed by atoms with Crippen molar-refractivity contribution >= 4 is 18.6 Å². The molecule has 0 aromatic heterocycles. The molecule has 0 bridgehead atoms. The van der Waals surface area contributed by atoms with Crippen molar-refractivity contribution in [3.05, 3.63) is 0 Å². The van der Waals surface area contributed by atoms with Crippen molar-refractivity contribution in [2.24, 2.45) is 0 Å². The van der Waals surface area contributed by atoms with Gasteiger partial charge in [-0.3, -0.25) is 8.44 Å².